The maximum Gasteiger partial charge on any atom is 0.272 e. The summed E-state index contributed by atoms with van der Waals surface area (Å²) in [6.45, 7) is 0.254. The number of nitro groups is 1. The lowest BCUT2D eigenvalue weighted by Crippen LogP contribution is -2.09. The molecule has 27 heavy (non-hydrogen) atoms. The number of methoxy groups -OCH3 is 3. The van der Waals surface area contributed by atoms with Crippen molar-refractivity contribution < 1.29 is 28.3 Å². The number of hydrogen-bond donors (Lipinski definition) is 0. The van der Waals surface area contributed by atoms with Crippen LogP contribution in [0.3, 0.4) is 0 Å². The van der Waals surface area contributed by atoms with E-state index in [1.54, 1.807) is 12.1 Å². The van der Waals surface area contributed by atoms with Crippen molar-refractivity contribution >= 4 is 11.6 Å². The van der Waals surface area contributed by atoms with Crippen LogP contribution < -0.4 is 14.2 Å². The van der Waals surface area contributed by atoms with Crippen molar-refractivity contribution in [2.75, 3.05) is 27.9 Å². The van der Waals surface area contributed by atoms with E-state index in [1.807, 2.05) is 0 Å². The van der Waals surface area contributed by atoms with Gasteiger partial charge in [-0.25, -0.2) is 9.38 Å². The van der Waals surface area contributed by atoms with Crippen molar-refractivity contribution in [3.8, 4) is 17.2 Å². The number of benzene rings is 2. The van der Waals surface area contributed by atoms with Crippen molar-refractivity contribution in [1.82, 2.24) is 0 Å². The molecule has 2 aromatic rings. The normalized spacial score (nSPS) is 15.7. The van der Waals surface area contributed by atoms with E-state index in [9.17, 15) is 14.5 Å². The lowest BCUT2D eigenvalue weighted by atomic mass is 10.1. The van der Waals surface area contributed by atoms with Gasteiger partial charge in [0.1, 0.15) is 11.9 Å². The van der Waals surface area contributed by atoms with Gasteiger partial charge in [0, 0.05) is 11.6 Å². The Morgan fingerprint density at radius 3 is 2.33 bits per heavy atom. The molecule has 1 aliphatic heterocycles. The molecule has 3 rings (SSSR count). The topological polar surface area (TPSA) is 92.4 Å². The highest BCUT2D eigenvalue weighted by atomic mass is 19.1. The first-order valence-corrected chi connectivity index (χ1v) is 7.93. The third-order valence-corrected chi connectivity index (χ3v) is 4.11. The number of halogens is 1. The molecule has 1 aliphatic rings. The maximum absolute atomic E-state index is 14.2. The van der Waals surface area contributed by atoms with Crippen molar-refractivity contribution in [1.29, 1.82) is 0 Å². The monoisotopic (exact) mass is 376 g/mol. The van der Waals surface area contributed by atoms with Crippen molar-refractivity contribution in [3.05, 3.63) is 57.4 Å². The smallest absolute Gasteiger partial charge is 0.272 e. The van der Waals surface area contributed by atoms with Crippen LogP contribution in [-0.4, -0.2) is 38.7 Å². The van der Waals surface area contributed by atoms with E-state index < -0.39 is 16.8 Å². The first kappa shape index (κ1) is 18.4. The van der Waals surface area contributed by atoms with Gasteiger partial charge >= 0.3 is 0 Å². The second-order valence-electron chi connectivity index (χ2n) is 5.63. The molecule has 9 heteroatoms. The molecule has 142 valence electrons. The van der Waals surface area contributed by atoms with Crippen molar-refractivity contribution in [2.24, 2.45) is 4.99 Å². The summed E-state index contributed by atoms with van der Waals surface area (Å²) in [5.74, 6) is 0.690. The molecule has 0 saturated heterocycles. The summed E-state index contributed by atoms with van der Waals surface area (Å²) in [7, 11) is 4.51. The van der Waals surface area contributed by atoms with E-state index in [0.29, 0.717) is 22.8 Å². The SMILES string of the molecule is COc1cc(C2CN=C(c3ccc([N+](=O)[O-])cc3F)O2)cc(OC)c1OC. The fraction of sp³-hybridized carbons (Fsp3) is 0.278. The summed E-state index contributed by atoms with van der Waals surface area (Å²) in [4.78, 5) is 14.3. The summed E-state index contributed by atoms with van der Waals surface area (Å²) in [5, 5.41) is 10.7. The van der Waals surface area contributed by atoms with Gasteiger partial charge < -0.3 is 18.9 Å². The highest BCUT2D eigenvalue weighted by Crippen LogP contribution is 2.41. The minimum absolute atomic E-state index is 0.0653. The van der Waals surface area contributed by atoms with Gasteiger partial charge in [-0.2, -0.15) is 0 Å². The van der Waals surface area contributed by atoms with Gasteiger partial charge in [-0.15, -0.1) is 0 Å². The van der Waals surface area contributed by atoms with Gasteiger partial charge in [-0.3, -0.25) is 10.1 Å². The molecule has 1 unspecified atom stereocenters. The minimum atomic E-state index is -0.770. The van der Waals surface area contributed by atoms with Gasteiger partial charge in [-0.05, 0) is 18.2 Å². The third kappa shape index (κ3) is 3.48. The van der Waals surface area contributed by atoms with Crippen LogP contribution in [-0.2, 0) is 4.74 Å². The Kier molecular flexibility index (Phi) is 5.11. The average molecular weight is 376 g/mol. The first-order valence-electron chi connectivity index (χ1n) is 7.93. The van der Waals surface area contributed by atoms with Crippen LogP contribution >= 0.6 is 0 Å². The molecular weight excluding hydrogens is 359 g/mol. The zero-order valence-corrected chi connectivity index (χ0v) is 14.9. The van der Waals surface area contributed by atoms with Gasteiger partial charge in [0.2, 0.25) is 11.6 Å². The fourth-order valence-electron chi connectivity index (χ4n) is 2.78. The van der Waals surface area contributed by atoms with E-state index in [4.69, 9.17) is 18.9 Å². The molecule has 0 amide bonds. The molecule has 0 radical (unpaired) electrons. The molecule has 2 aromatic carbocycles. The fourth-order valence-corrected chi connectivity index (χ4v) is 2.78. The predicted octanol–water partition coefficient (Wildman–Crippen LogP) is 3.28. The number of rotatable bonds is 6. The summed E-state index contributed by atoms with van der Waals surface area (Å²) >= 11 is 0. The van der Waals surface area contributed by atoms with Gasteiger partial charge in [0.05, 0.1) is 44.4 Å². The van der Waals surface area contributed by atoms with Gasteiger partial charge in [0.25, 0.3) is 5.69 Å². The number of nitrogens with zero attached hydrogens (tertiary/aromatic N) is 2. The van der Waals surface area contributed by atoms with Gasteiger partial charge in [0.15, 0.2) is 11.5 Å². The lowest BCUT2D eigenvalue weighted by Gasteiger charge is -2.17. The molecule has 0 aromatic heterocycles. The van der Waals surface area contributed by atoms with E-state index >= 15 is 0 Å². The molecule has 8 nitrogen and oxygen atoms in total. The van der Waals surface area contributed by atoms with Crippen molar-refractivity contribution in [2.45, 2.75) is 6.10 Å². The van der Waals surface area contributed by atoms with E-state index in [2.05, 4.69) is 4.99 Å². The highest BCUT2D eigenvalue weighted by molar-refractivity contribution is 5.95. The Hall–Kier alpha value is -3.36. The van der Waals surface area contributed by atoms with Crippen LogP contribution in [0.15, 0.2) is 35.3 Å². The Bertz CT molecular complexity index is 890. The maximum atomic E-state index is 14.2. The quantitative estimate of drug-likeness (QED) is 0.567. The zero-order valence-electron chi connectivity index (χ0n) is 14.9. The van der Waals surface area contributed by atoms with Crippen LogP contribution in [0.25, 0.3) is 0 Å². The minimum Gasteiger partial charge on any atom is -0.493 e. The van der Waals surface area contributed by atoms with E-state index in [-0.39, 0.29) is 23.7 Å². The Morgan fingerprint density at radius 1 is 1.15 bits per heavy atom. The highest BCUT2D eigenvalue weighted by Gasteiger charge is 2.27. The van der Waals surface area contributed by atoms with Gasteiger partial charge in [-0.1, -0.05) is 0 Å². The summed E-state index contributed by atoms with van der Waals surface area (Å²) in [5.41, 5.74) is 0.442. The Balaban J connectivity index is 1.87. The standard InChI is InChI=1S/C18H17FN2O6/c1-24-14-6-10(7-15(25-2)17(14)26-3)16-9-20-18(27-16)12-5-4-11(21(22)23)8-13(12)19/h4-8,16H,9H2,1-3H3. The summed E-state index contributed by atoms with van der Waals surface area (Å²) in [6, 6.07) is 6.79. The molecule has 0 aliphatic carbocycles. The predicted molar refractivity (Wildman–Crippen MR) is 94.4 cm³/mol. The summed E-state index contributed by atoms with van der Waals surface area (Å²) < 4.78 is 35.9. The largest absolute Gasteiger partial charge is 0.493 e. The summed E-state index contributed by atoms with van der Waals surface area (Å²) in [6.07, 6.45) is -0.483. The second-order valence-corrected chi connectivity index (χ2v) is 5.63. The molecule has 0 fully saturated rings. The van der Waals surface area contributed by atoms with Crippen LogP contribution in [0.4, 0.5) is 10.1 Å². The number of ether oxygens (including phenoxy) is 4. The lowest BCUT2D eigenvalue weighted by molar-refractivity contribution is -0.385. The average Bonchev–Trinajstić information content (AvgIpc) is 3.16. The number of hydrogen-bond acceptors (Lipinski definition) is 7. The molecule has 0 spiro atoms. The Labute approximate surface area is 154 Å². The van der Waals surface area contributed by atoms with E-state index in [1.165, 1.54) is 33.5 Å². The molecule has 0 saturated carbocycles. The number of non-ortho nitro benzene ring substituents is 1. The number of nitro benzene ring substituents is 1. The molecule has 0 N–H and O–H groups in total. The molecule has 0 bridgehead atoms. The van der Waals surface area contributed by atoms with Crippen LogP contribution in [0.2, 0.25) is 0 Å². The van der Waals surface area contributed by atoms with E-state index in [0.717, 1.165) is 6.07 Å². The Morgan fingerprint density at radius 2 is 1.81 bits per heavy atom. The first-order chi connectivity index (χ1) is 13.0. The van der Waals surface area contributed by atoms with Crippen molar-refractivity contribution in [3.63, 3.8) is 0 Å². The second kappa shape index (κ2) is 7.48. The molecule has 1 atom stereocenters. The van der Waals surface area contributed by atoms with Crippen LogP contribution in [0.5, 0.6) is 17.2 Å². The van der Waals surface area contributed by atoms with Crippen LogP contribution in [0, 0.1) is 15.9 Å². The number of aliphatic imine (C=N–C) groups is 1. The van der Waals surface area contributed by atoms with Crippen LogP contribution in [0.1, 0.15) is 17.2 Å². The zero-order chi connectivity index (χ0) is 19.6. The molecular formula is C18H17FN2O6. The third-order valence-electron chi connectivity index (χ3n) is 4.11. The molecule has 1 heterocycles.